The molecule has 0 aromatic heterocycles. The van der Waals surface area contributed by atoms with E-state index in [4.69, 9.17) is 10.5 Å². The predicted molar refractivity (Wildman–Crippen MR) is 76.4 cm³/mol. The van der Waals surface area contributed by atoms with E-state index >= 15 is 0 Å². The lowest BCUT2D eigenvalue weighted by molar-refractivity contribution is 0.322. The van der Waals surface area contributed by atoms with Crippen molar-refractivity contribution in [2.75, 3.05) is 24.3 Å². The molecule has 2 aromatic rings. The van der Waals surface area contributed by atoms with Crippen LogP contribution >= 0.6 is 0 Å². The van der Waals surface area contributed by atoms with Crippen LogP contribution in [0.5, 0.6) is 5.75 Å². The molecular weight excluding hydrogens is 262 g/mol. The van der Waals surface area contributed by atoms with E-state index in [0.717, 1.165) is 5.69 Å². The van der Waals surface area contributed by atoms with Crippen LogP contribution in [-0.4, -0.2) is 13.7 Å². The molecule has 0 aliphatic rings. The number of halogens is 2. The fourth-order valence-electron chi connectivity index (χ4n) is 1.92. The highest BCUT2D eigenvalue weighted by molar-refractivity contribution is 5.76. The zero-order valence-electron chi connectivity index (χ0n) is 11.4. The van der Waals surface area contributed by atoms with Crippen molar-refractivity contribution in [1.29, 1.82) is 0 Å². The molecular formula is C15H16F2N2O. The zero-order valence-corrected chi connectivity index (χ0v) is 11.4. The third-order valence-electron chi connectivity index (χ3n) is 2.96. The van der Waals surface area contributed by atoms with Crippen molar-refractivity contribution in [3.63, 3.8) is 0 Å². The summed E-state index contributed by atoms with van der Waals surface area (Å²) in [4.78, 5) is 1.75. The van der Waals surface area contributed by atoms with Crippen molar-refractivity contribution in [1.82, 2.24) is 0 Å². The van der Waals surface area contributed by atoms with Gasteiger partial charge < -0.3 is 15.4 Å². The molecule has 0 atom stereocenters. The van der Waals surface area contributed by atoms with Gasteiger partial charge in [-0.2, -0.15) is 0 Å². The second-order valence-electron chi connectivity index (χ2n) is 4.31. The van der Waals surface area contributed by atoms with Crippen molar-refractivity contribution >= 4 is 17.1 Å². The zero-order chi connectivity index (χ0) is 14.7. The van der Waals surface area contributed by atoms with Crippen LogP contribution in [0.4, 0.5) is 25.8 Å². The van der Waals surface area contributed by atoms with Gasteiger partial charge in [-0.3, -0.25) is 0 Å². The van der Waals surface area contributed by atoms with Crippen LogP contribution in [0.25, 0.3) is 0 Å². The highest BCUT2D eigenvalue weighted by Crippen LogP contribution is 2.34. The molecule has 0 spiro atoms. The monoisotopic (exact) mass is 278 g/mol. The van der Waals surface area contributed by atoms with Crippen LogP contribution in [0.2, 0.25) is 0 Å². The molecule has 20 heavy (non-hydrogen) atoms. The van der Waals surface area contributed by atoms with Gasteiger partial charge in [0.15, 0.2) is 11.6 Å². The lowest BCUT2D eigenvalue weighted by Gasteiger charge is -2.22. The van der Waals surface area contributed by atoms with Gasteiger partial charge in [0.05, 0.1) is 18.0 Å². The first kappa shape index (κ1) is 14.1. The summed E-state index contributed by atoms with van der Waals surface area (Å²) >= 11 is 0. The van der Waals surface area contributed by atoms with Gasteiger partial charge in [0, 0.05) is 24.9 Å². The summed E-state index contributed by atoms with van der Waals surface area (Å²) in [6.45, 7) is 2.14. The van der Waals surface area contributed by atoms with Crippen LogP contribution < -0.4 is 15.4 Å². The maximum Gasteiger partial charge on any atom is 0.167 e. The van der Waals surface area contributed by atoms with E-state index in [9.17, 15) is 8.78 Å². The quantitative estimate of drug-likeness (QED) is 0.866. The van der Waals surface area contributed by atoms with E-state index in [0.29, 0.717) is 12.3 Å². The van der Waals surface area contributed by atoms with Gasteiger partial charge in [-0.05, 0) is 31.2 Å². The number of nitrogens with two attached hydrogens (primary N) is 1. The third-order valence-corrected chi connectivity index (χ3v) is 2.96. The van der Waals surface area contributed by atoms with E-state index in [2.05, 4.69) is 0 Å². The van der Waals surface area contributed by atoms with Gasteiger partial charge >= 0.3 is 0 Å². The minimum absolute atomic E-state index is 0.144. The summed E-state index contributed by atoms with van der Waals surface area (Å²) in [5.41, 5.74) is 7.47. The Balaban J connectivity index is 2.40. The fraction of sp³-hybridized carbons (Fsp3) is 0.200. The van der Waals surface area contributed by atoms with Crippen molar-refractivity contribution in [2.45, 2.75) is 6.92 Å². The summed E-state index contributed by atoms with van der Waals surface area (Å²) in [5.74, 6) is -0.671. The Bertz CT molecular complexity index is 600. The highest BCUT2D eigenvalue weighted by atomic mass is 19.1. The normalized spacial score (nSPS) is 10.4. The lowest BCUT2D eigenvalue weighted by atomic mass is 10.2. The Hall–Kier alpha value is -2.30. The smallest absolute Gasteiger partial charge is 0.167 e. The topological polar surface area (TPSA) is 38.5 Å². The molecule has 0 saturated carbocycles. The molecule has 0 aliphatic heterocycles. The number of nitrogen functional groups attached to an aromatic ring is 1. The number of hydrogen-bond acceptors (Lipinski definition) is 3. The fourth-order valence-corrected chi connectivity index (χ4v) is 1.92. The SMILES string of the molecule is CCOc1cc(N(C)c2ccc(F)cc2)c(N)cc1F. The Morgan fingerprint density at radius 3 is 2.40 bits per heavy atom. The minimum atomic E-state index is -0.499. The molecule has 0 fully saturated rings. The molecule has 0 radical (unpaired) electrons. The van der Waals surface area contributed by atoms with Gasteiger partial charge in [-0.25, -0.2) is 8.78 Å². The number of nitrogens with zero attached hydrogens (tertiary/aromatic N) is 1. The second kappa shape index (κ2) is 5.77. The summed E-state index contributed by atoms with van der Waals surface area (Å²) in [5, 5.41) is 0. The van der Waals surface area contributed by atoms with Crippen LogP contribution in [0.3, 0.4) is 0 Å². The molecule has 5 heteroatoms. The molecule has 0 amide bonds. The summed E-state index contributed by atoms with van der Waals surface area (Å²) < 4.78 is 31.8. The number of hydrogen-bond donors (Lipinski definition) is 1. The van der Waals surface area contributed by atoms with Gasteiger partial charge in [-0.1, -0.05) is 0 Å². The maximum atomic E-state index is 13.7. The Kier molecular flexibility index (Phi) is 4.08. The van der Waals surface area contributed by atoms with Gasteiger partial charge in [0.2, 0.25) is 0 Å². The van der Waals surface area contributed by atoms with Crippen molar-refractivity contribution in [3.8, 4) is 5.75 Å². The van der Waals surface area contributed by atoms with Crippen LogP contribution in [0, 0.1) is 11.6 Å². The third kappa shape index (κ3) is 2.82. The first-order valence-corrected chi connectivity index (χ1v) is 6.24. The summed E-state index contributed by atoms with van der Waals surface area (Å²) in [6, 6.07) is 8.72. The van der Waals surface area contributed by atoms with Crippen LogP contribution in [-0.2, 0) is 0 Å². The largest absolute Gasteiger partial charge is 0.491 e. The summed E-state index contributed by atoms with van der Waals surface area (Å²) in [6.07, 6.45) is 0. The van der Waals surface area contributed by atoms with Gasteiger partial charge in [0.25, 0.3) is 0 Å². The Morgan fingerprint density at radius 2 is 1.80 bits per heavy atom. The highest BCUT2D eigenvalue weighted by Gasteiger charge is 2.13. The predicted octanol–water partition coefficient (Wildman–Crippen LogP) is 3.71. The van der Waals surface area contributed by atoms with Crippen LogP contribution in [0.1, 0.15) is 6.92 Å². The standard InChI is InChI=1S/C15H16F2N2O/c1-3-20-15-9-14(13(18)8-12(15)17)19(2)11-6-4-10(16)5-7-11/h4-9H,3,18H2,1-2H3. The first-order chi connectivity index (χ1) is 9.52. The van der Waals surface area contributed by atoms with Gasteiger partial charge in [0.1, 0.15) is 5.82 Å². The average molecular weight is 278 g/mol. The van der Waals surface area contributed by atoms with E-state index in [1.807, 2.05) is 0 Å². The average Bonchev–Trinajstić information content (AvgIpc) is 2.42. The molecule has 2 aromatic carbocycles. The summed E-state index contributed by atoms with van der Waals surface area (Å²) in [7, 11) is 1.77. The van der Waals surface area contributed by atoms with E-state index < -0.39 is 5.82 Å². The lowest BCUT2D eigenvalue weighted by Crippen LogP contribution is -2.12. The van der Waals surface area contributed by atoms with Crippen molar-refractivity contribution in [3.05, 3.63) is 48.0 Å². The van der Waals surface area contributed by atoms with Gasteiger partial charge in [-0.15, -0.1) is 0 Å². The number of ether oxygens (including phenoxy) is 1. The molecule has 0 aliphatic carbocycles. The molecule has 106 valence electrons. The molecule has 0 bridgehead atoms. The van der Waals surface area contributed by atoms with Crippen molar-refractivity contribution in [2.24, 2.45) is 0 Å². The molecule has 0 unspecified atom stereocenters. The van der Waals surface area contributed by atoms with E-state index in [-0.39, 0.29) is 17.3 Å². The molecule has 0 saturated heterocycles. The Morgan fingerprint density at radius 1 is 1.15 bits per heavy atom. The van der Waals surface area contributed by atoms with Crippen LogP contribution in [0.15, 0.2) is 36.4 Å². The Labute approximate surface area is 116 Å². The van der Waals surface area contributed by atoms with Crippen molar-refractivity contribution < 1.29 is 13.5 Å². The first-order valence-electron chi connectivity index (χ1n) is 6.24. The molecule has 0 heterocycles. The minimum Gasteiger partial charge on any atom is -0.491 e. The second-order valence-corrected chi connectivity index (χ2v) is 4.31. The molecule has 3 nitrogen and oxygen atoms in total. The maximum absolute atomic E-state index is 13.7. The molecule has 2 N–H and O–H groups in total. The van der Waals surface area contributed by atoms with E-state index in [1.54, 1.807) is 31.0 Å². The number of benzene rings is 2. The number of rotatable bonds is 4. The molecule has 2 rings (SSSR count). The van der Waals surface area contributed by atoms with E-state index in [1.165, 1.54) is 24.3 Å². The number of anilines is 3.